The third-order valence-electron chi connectivity index (χ3n) is 3.80. The molecule has 1 aromatic heterocycles. The molecule has 9 nitrogen and oxygen atoms in total. The number of aliphatic carboxylic acids is 1. The van der Waals surface area contributed by atoms with E-state index >= 15 is 0 Å². The summed E-state index contributed by atoms with van der Waals surface area (Å²) in [5.41, 5.74) is 5.52. The number of likely N-dealkylation sites (N-methyl/N-ethyl adjacent to an activating group) is 1. The van der Waals surface area contributed by atoms with Crippen molar-refractivity contribution in [1.29, 1.82) is 0 Å². The fourth-order valence-corrected chi connectivity index (χ4v) is 4.12. The van der Waals surface area contributed by atoms with E-state index in [4.69, 9.17) is 15.4 Å². The molecule has 4 N–H and O–H groups in total. The number of anilines is 1. The molecule has 0 unspecified atom stereocenters. The molecule has 10 heteroatoms. The lowest BCUT2D eigenvalue weighted by atomic mass is 9.86. The predicted molar refractivity (Wildman–Crippen MR) is 77.7 cm³/mol. The van der Waals surface area contributed by atoms with Crippen LogP contribution in [0.25, 0.3) is 0 Å². The van der Waals surface area contributed by atoms with Gasteiger partial charge in [0, 0.05) is 12.1 Å². The van der Waals surface area contributed by atoms with Gasteiger partial charge in [-0.25, -0.2) is 13.1 Å². The Kier molecular flexibility index (Phi) is 4.73. The van der Waals surface area contributed by atoms with Gasteiger partial charge in [0.25, 0.3) is 0 Å². The molecule has 0 atom stereocenters. The fraction of sp³-hybridized carbons (Fsp3) is 0.667. The van der Waals surface area contributed by atoms with Gasteiger partial charge in [-0.2, -0.15) is 0 Å². The van der Waals surface area contributed by atoms with Crippen molar-refractivity contribution >= 4 is 21.8 Å². The molecule has 0 bridgehead atoms. The first-order valence-electron chi connectivity index (χ1n) is 6.94. The summed E-state index contributed by atoms with van der Waals surface area (Å²) >= 11 is 0. The van der Waals surface area contributed by atoms with Gasteiger partial charge in [-0.15, -0.1) is 0 Å². The molecule has 0 radical (unpaired) electrons. The van der Waals surface area contributed by atoms with Crippen molar-refractivity contribution in [3.05, 3.63) is 5.76 Å². The average molecular weight is 332 g/mol. The minimum Gasteiger partial charge on any atom is -0.480 e. The zero-order chi connectivity index (χ0) is 16.5. The standard InChI is InChI=1S/C12H20N4O5S/c1-3-16(6-10(17)18)9-4-8(5-9)15-22(19,20)11-7(2)21-14-12(11)13/h8-9,15H,3-6H2,1-2H3,(H2,13,14)(H,17,18). The lowest BCUT2D eigenvalue weighted by molar-refractivity contribution is -0.139. The van der Waals surface area contributed by atoms with Gasteiger partial charge in [0.1, 0.15) is 0 Å². The van der Waals surface area contributed by atoms with Crippen LogP contribution in [0.3, 0.4) is 0 Å². The van der Waals surface area contributed by atoms with E-state index in [1.54, 1.807) is 0 Å². The summed E-state index contributed by atoms with van der Waals surface area (Å²) < 4.78 is 31.9. The highest BCUT2D eigenvalue weighted by atomic mass is 32.2. The molecule has 1 heterocycles. The molecule has 0 spiro atoms. The van der Waals surface area contributed by atoms with Gasteiger partial charge in [0.05, 0.1) is 6.54 Å². The van der Waals surface area contributed by atoms with Crippen LogP contribution in [-0.4, -0.2) is 54.7 Å². The van der Waals surface area contributed by atoms with E-state index in [2.05, 4.69) is 9.88 Å². The Balaban J connectivity index is 1.96. The minimum atomic E-state index is -3.78. The van der Waals surface area contributed by atoms with E-state index < -0.39 is 16.0 Å². The summed E-state index contributed by atoms with van der Waals surface area (Å²) in [5.74, 6) is -0.914. The number of rotatable bonds is 7. The Labute approximate surface area is 128 Å². The predicted octanol–water partition coefficient (Wildman–Crippen LogP) is -0.219. The van der Waals surface area contributed by atoms with Crippen LogP contribution >= 0.6 is 0 Å². The van der Waals surface area contributed by atoms with Crippen molar-refractivity contribution < 1.29 is 22.8 Å². The topological polar surface area (TPSA) is 139 Å². The monoisotopic (exact) mass is 332 g/mol. The lowest BCUT2D eigenvalue weighted by Gasteiger charge is -2.41. The van der Waals surface area contributed by atoms with Crippen LogP contribution in [0, 0.1) is 6.92 Å². The zero-order valence-corrected chi connectivity index (χ0v) is 13.3. The van der Waals surface area contributed by atoms with Crippen molar-refractivity contribution in [2.24, 2.45) is 0 Å². The highest BCUT2D eigenvalue weighted by Crippen LogP contribution is 2.29. The minimum absolute atomic E-state index is 0.0433. The first-order chi connectivity index (χ1) is 10.2. The number of nitrogens with one attached hydrogen (secondary N) is 1. The van der Waals surface area contributed by atoms with E-state index in [9.17, 15) is 13.2 Å². The molecule has 22 heavy (non-hydrogen) atoms. The van der Waals surface area contributed by atoms with Crippen molar-refractivity contribution in [2.45, 2.75) is 43.7 Å². The molecule has 1 aliphatic carbocycles. The van der Waals surface area contributed by atoms with Crippen molar-refractivity contribution in [2.75, 3.05) is 18.8 Å². The van der Waals surface area contributed by atoms with Gasteiger partial charge >= 0.3 is 5.97 Å². The maximum absolute atomic E-state index is 12.3. The first-order valence-corrected chi connectivity index (χ1v) is 8.42. The van der Waals surface area contributed by atoms with Crippen LogP contribution in [0.1, 0.15) is 25.5 Å². The number of nitrogens with two attached hydrogens (primary N) is 1. The third kappa shape index (κ3) is 3.39. The maximum atomic E-state index is 12.3. The lowest BCUT2D eigenvalue weighted by Crippen LogP contribution is -2.54. The largest absolute Gasteiger partial charge is 0.480 e. The summed E-state index contributed by atoms with van der Waals surface area (Å²) in [4.78, 5) is 12.5. The summed E-state index contributed by atoms with van der Waals surface area (Å²) in [6.45, 7) is 3.92. The molecule has 0 saturated heterocycles. The number of aromatic nitrogens is 1. The Hall–Kier alpha value is -1.65. The molecule has 1 aliphatic rings. The van der Waals surface area contributed by atoms with E-state index in [0.29, 0.717) is 19.4 Å². The van der Waals surface area contributed by atoms with Crippen molar-refractivity contribution in [3.8, 4) is 0 Å². The fourth-order valence-electron chi connectivity index (χ4n) is 2.64. The molecular weight excluding hydrogens is 312 g/mol. The number of nitrogen functional groups attached to an aromatic ring is 1. The van der Waals surface area contributed by atoms with Crippen LogP contribution in [0.15, 0.2) is 9.42 Å². The molecule has 124 valence electrons. The molecule has 1 saturated carbocycles. The Morgan fingerprint density at radius 2 is 2.18 bits per heavy atom. The second kappa shape index (κ2) is 6.23. The van der Waals surface area contributed by atoms with E-state index in [1.165, 1.54) is 6.92 Å². The SMILES string of the molecule is CCN(CC(=O)O)C1CC(NS(=O)(=O)c2c(N)noc2C)C1. The molecule has 0 amide bonds. The molecule has 1 aromatic rings. The summed E-state index contributed by atoms with van der Waals surface area (Å²) in [6.07, 6.45) is 1.12. The van der Waals surface area contributed by atoms with Crippen LogP contribution in [0.5, 0.6) is 0 Å². The number of carboxylic acid groups (broad SMARTS) is 1. The van der Waals surface area contributed by atoms with Gasteiger partial charge in [-0.3, -0.25) is 9.69 Å². The second-order valence-electron chi connectivity index (χ2n) is 5.35. The first kappa shape index (κ1) is 16.7. The Bertz CT molecular complexity index is 631. The normalized spacial score (nSPS) is 21.8. The van der Waals surface area contributed by atoms with Gasteiger partial charge in [0.2, 0.25) is 10.0 Å². The van der Waals surface area contributed by atoms with E-state index in [-0.39, 0.29) is 35.1 Å². The maximum Gasteiger partial charge on any atom is 0.317 e. The Morgan fingerprint density at radius 1 is 1.55 bits per heavy atom. The highest BCUT2D eigenvalue weighted by Gasteiger charge is 2.37. The van der Waals surface area contributed by atoms with Gasteiger partial charge < -0.3 is 15.4 Å². The number of nitrogens with zero attached hydrogens (tertiary/aromatic N) is 2. The number of sulfonamides is 1. The number of carboxylic acids is 1. The average Bonchev–Trinajstić information content (AvgIpc) is 2.71. The molecule has 1 fully saturated rings. The molecule has 0 aromatic carbocycles. The number of hydrogen-bond donors (Lipinski definition) is 3. The second-order valence-corrected chi connectivity index (χ2v) is 7.00. The zero-order valence-electron chi connectivity index (χ0n) is 12.4. The summed E-state index contributed by atoms with van der Waals surface area (Å²) in [7, 11) is -3.78. The quantitative estimate of drug-likeness (QED) is 0.623. The van der Waals surface area contributed by atoms with Crippen LogP contribution < -0.4 is 10.5 Å². The van der Waals surface area contributed by atoms with Gasteiger partial charge in [-0.1, -0.05) is 12.1 Å². The number of hydrogen-bond acceptors (Lipinski definition) is 7. The van der Waals surface area contributed by atoms with Crippen LogP contribution in [-0.2, 0) is 14.8 Å². The van der Waals surface area contributed by atoms with Crippen LogP contribution in [0.2, 0.25) is 0 Å². The van der Waals surface area contributed by atoms with Crippen molar-refractivity contribution in [1.82, 2.24) is 14.8 Å². The van der Waals surface area contributed by atoms with E-state index in [0.717, 1.165) is 0 Å². The van der Waals surface area contributed by atoms with Crippen LogP contribution in [0.4, 0.5) is 5.82 Å². The third-order valence-corrected chi connectivity index (χ3v) is 5.48. The van der Waals surface area contributed by atoms with Gasteiger partial charge in [0.15, 0.2) is 16.5 Å². The summed E-state index contributed by atoms with van der Waals surface area (Å²) in [5, 5.41) is 12.3. The highest BCUT2D eigenvalue weighted by molar-refractivity contribution is 7.89. The Morgan fingerprint density at radius 3 is 2.64 bits per heavy atom. The number of aryl methyl sites for hydroxylation is 1. The molecule has 2 rings (SSSR count). The van der Waals surface area contributed by atoms with Gasteiger partial charge in [-0.05, 0) is 26.3 Å². The van der Waals surface area contributed by atoms with Crippen molar-refractivity contribution in [3.63, 3.8) is 0 Å². The number of carbonyl (C=O) groups is 1. The smallest absolute Gasteiger partial charge is 0.317 e. The summed E-state index contributed by atoms with van der Waals surface area (Å²) in [6, 6.07) is -0.179. The van der Waals surface area contributed by atoms with E-state index in [1.807, 2.05) is 11.8 Å². The molecule has 0 aliphatic heterocycles. The molecular formula is C12H20N4O5S.